The van der Waals surface area contributed by atoms with Gasteiger partial charge in [-0.05, 0) is 23.8 Å². The number of thioether (sulfide) groups is 1. The van der Waals surface area contributed by atoms with E-state index in [0.717, 1.165) is 33.0 Å². The first-order valence-electron chi connectivity index (χ1n) is 7.26. The number of rotatable bonds is 3. The summed E-state index contributed by atoms with van der Waals surface area (Å²) < 4.78 is 0. The number of hydrogen-bond acceptors (Lipinski definition) is 3. The average molecular weight is 319 g/mol. The number of amides is 1. The second-order valence-electron chi connectivity index (χ2n) is 5.17. The fourth-order valence-corrected chi connectivity index (χ4v) is 3.28. The number of aromatic amines is 1. The molecule has 1 aromatic heterocycles. The van der Waals surface area contributed by atoms with Gasteiger partial charge in [-0.15, -0.1) is 0 Å². The largest absolute Gasteiger partial charge is 0.338 e. The first-order valence-corrected chi connectivity index (χ1v) is 8.25. The van der Waals surface area contributed by atoms with Gasteiger partial charge < -0.3 is 4.98 Å². The van der Waals surface area contributed by atoms with Crippen LogP contribution in [0.5, 0.6) is 0 Å². The van der Waals surface area contributed by atoms with Gasteiger partial charge in [0.1, 0.15) is 10.9 Å². The predicted octanol–water partition coefficient (Wildman–Crippen LogP) is 3.78. The summed E-state index contributed by atoms with van der Waals surface area (Å²) in [6, 6.07) is 17.9. The zero-order valence-corrected chi connectivity index (χ0v) is 13.0. The molecule has 5 heteroatoms. The van der Waals surface area contributed by atoms with Crippen molar-refractivity contribution in [3.63, 3.8) is 0 Å². The Morgan fingerprint density at radius 3 is 2.61 bits per heavy atom. The number of aromatic nitrogens is 2. The molecule has 4 rings (SSSR count). The number of H-pyrrole nitrogens is 1. The zero-order chi connectivity index (χ0) is 15.6. The lowest BCUT2D eigenvalue weighted by atomic mass is 10.1. The molecule has 0 fully saturated rings. The fraction of sp³-hybridized carbons (Fsp3) is 0.0556. The molecule has 3 aromatic rings. The molecular weight excluding hydrogens is 306 g/mol. The van der Waals surface area contributed by atoms with Gasteiger partial charge in [-0.2, -0.15) is 0 Å². The summed E-state index contributed by atoms with van der Waals surface area (Å²) in [5.74, 6) is 1.03. The van der Waals surface area contributed by atoms with Crippen LogP contribution in [0.1, 0.15) is 11.4 Å². The fourth-order valence-electron chi connectivity index (χ4n) is 2.47. The molecule has 2 aromatic carbocycles. The first-order chi connectivity index (χ1) is 11.3. The van der Waals surface area contributed by atoms with E-state index >= 15 is 0 Å². The predicted molar refractivity (Wildman–Crippen MR) is 95.3 cm³/mol. The molecule has 0 spiro atoms. The van der Waals surface area contributed by atoms with Crippen LogP contribution in [0.3, 0.4) is 0 Å². The molecule has 1 amide bonds. The van der Waals surface area contributed by atoms with Crippen molar-refractivity contribution >= 4 is 45.4 Å². The van der Waals surface area contributed by atoms with Crippen LogP contribution in [0, 0.1) is 0 Å². The van der Waals surface area contributed by atoms with Gasteiger partial charge in [-0.1, -0.05) is 54.2 Å². The Morgan fingerprint density at radius 2 is 1.87 bits per heavy atom. The van der Waals surface area contributed by atoms with Crippen molar-refractivity contribution in [1.82, 2.24) is 9.97 Å². The standard InChI is InChI=1S/C18H13N3OS/c22-16-11-23-18(21-16)13(10-12-6-2-1-3-7-12)17-19-14-8-4-5-9-15(14)20-17/h1-10H,11H2,(H,19,20)/b13-10-. The number of nitrogens with zero attached hydrogens (tertiary/aromatic N) is 2. The summed E-state index contributed by atoms with van der Waals surface area (Å²) in [6.07, 6.45) is 2.02. The molecule has 0 atom stereocenters. The normalized spacial score (nSPS) is 15.2. The summed E-state index contributed by atoms with van der Waals surface area (Å²) in [6.45, 7) is 0. The van der Waals surface area contributed by atoms with Gasteiger partial charge in [-0.3, -0.25) is 4.79 Å². The molecule has 0 bridgehead atoms. The summed E-state index contributed by atoms with van der Waals surface area (Å²) in [5, 5.41) is 0.720. The number of nitrogens with one attached hydrogen (secondary N) is 1. The Balaban J connectivity index is 1.86. The second kappa shape index (κ2) is 5.85. The van der Waals surface area contributed by atoms with Crippen LogP contribution in [0.25, 0.3) is 22.7 Å². The Morgan fingerprint density at radius 1 is 1.09 bits per heavy atom. The molecule has 112 valence electrons. The minimum absolute atomic E-state index is 0.0972. The lowest BCUT2D eigenvalue weighted by Crippen LogP contribution is -1.97. The molecule has 4 nitrogen and oxygen atoms in total. The van der Waals surface area contributed by atoms with Crippen molar-refractivity contribution in [3.8, 4) is 0 Å². The summed E-state index contributed by atoms with van der Waals surface area (Å²) in [4.78, 5) is 23.7. The zero-order valence-electron chi connectivity index (χ0n) is 12.2. The van der Waals surface area contributed by atoms with E-state index in [1.165, 1.54) is 11.8 Å². The van der Waals surface area contributed by atoms with Crippen LogP contribution in [-0.4, -0.2) is 26.7 Å². The Bertz CT molecular complexity index is 908. The smallest absolute Gasteiger partial charge is 0.257 e. The quantitative estimate of drug-likeness (QED) is 0.799. The third-order valence-corrected chi connectivity index (χ3v) is 4.52. The van der Waals surface area contributed by atoms with Gasteiger partial charge in [-0.25, -0.2) is 9.98 Å². The minimum atomic E-state index is -0.0972. The maximum atomic E-state index is 11.5. The average Bonchev–Trinajstić information content (AvgIpc) is 3.19. The van der Waals surface area contributed by atoms with Crippen LogP contribution in [0.2, 0.25) is 0 Å². The van der Waals surface area contributed by atoms with Crippen molar-refractivity contribution in [2.24, 2.45) is 4.99 Å². The Labute approximate surface area is 137 Å². The molecule has 0 unspecified atom stereocenters. The van der Waals surface area contributed by atoms with Crippen molar-refractivity contribution in [1.29, 1.82) is 0 Å². The lowest BCUT2D eigenvalue weighted by molar-refractivity contribution is -0.115. The summed E-state index contributed by atoms with van der Waals surface area (Å²) in [7, 11) is 0. The molecule has 2 heterocycles. The lowest BCUT2D eigenvalue weighted by Gasteiger charge is -2.03. The molecule has 0 radical (unpaired) electrons. The number of para-hydroxylation sites is 2. The monoisotopic (exact) mass is 319 g/mol. The number of carbonyl (C=O) groups excluding carboxylic acids is 1. The topological polar surface area (TPSA) is 58.1 Å². The van der Waals surface area contributed by atoms with Crippen molar-refractivity contribution in [2.75, 3.05) is 5.75 Å². The van der Waals surface area contributed by atoms with Crippen LogP contribution < -0.4 is 0 Å². The van der Waals surface area contributed by atoms with Gasteiger partial charge >= 0.3 is 0 Å². The molecule has 1 aliphatic heterocycles. The van der Waals surface area contributed by atoms with Crippen LogP contribution >= 0.6 is 11.8 Å². The number of aliphatic imine (C=N–C) groups is 1. The third-order valence-electron chi connectivity index (χ3n) is 3.54. The van der Waals surface area contributed by atoms with Gasteiger partial charge in [0, 0.05) is 0 Å². The Hall–Kier alpha value is -2.66. The molecule has 23 heavy (non-hydrogen) atoms. The molecule has 1 aliphatic rings. The third kappa shape index (κ3) is 2.83. The number of fused-ring (bicyclic) bond motifs is 1. The number of hydrogen-bond donors (Lipinski definition) is 1. The number of imidazole rings is 1. The van der Waals surface area contributed by atoms with E-state index in [-0.39, 0.29) is 5.91 Å². The van der Waals surface area contributed by atoms with Crippen LogP contribution in [-0.2, 0) is 4.79 Å². The minimum Gasteiger partial charge on any atom is -0.338 e. The Kier molecular flexibility index (Phi) is 3.55. The number of carbonyl (C=O) groups is 1. The second-order valence-corrected chi connectivity index (χ2v) is 6.13. The van der Waals surface area contributed by atoms with E-state index in [1.54, 1.807) is 0 Å². The first kappa shape index (κ1) is 14.0. The van der Waals surface area contributed by atoms with E-state index in [4.69, 9.17) is 0 Å². The van der Waals surface area contributed by atoms with Gasteiger partial charge in [0.05, 0.1) is 22.4 Å². The highest BCUT2D eigenvalue weighted by Crippen LogP contribution is 2.28. The van der Waals surface area contributed by atoms with E-state index in [9.17, 15) is 4.79 Å². The van der Waals surface area contributed by atoms with E-state index in [0.29, 0.717) is 5.75 Å². The summed E-state index contributed by atoms with van der Waals surface area (Å²) >= 11 is 1.45. The molecule has 1 N–H and O–H groups in total. The molecular formula is C18H13N3OS. The number of benzene rings is 2. The van der Waals surface area contributed by atoms with E-state index in [1.807, 2.05) is 60.7 Å². The van der Waals surface area contributed by atoms with Gasteiger partial charge in [0.25, 0.3) is 5.91 Å². The van der Waals surface area contributed by atoms with Crippen molar-refractivity contribution in [3.05, 3.63) is 66.0 Å². The van der Waals surface area contributed by atoms with Gasteiger partial charge in [0.2, 0.25) is 0 Å². The van der Waals surface area contributed by atoms with Crippen LogP contribution in [0.4, 0.5) is 0 Å². The molecule has 0 aliphatic carbocycles. The highest BCUT2D eigenvalue weighted by atomic mass is 32.2. The van der Waals surface area contributed by atoms with E-state index < -0.39 is 0 Å². The van der Waals surface area contributed by atoms with E-state index in [2.05, 4.69) is 15.0 Å². The SMILES string of the molecule is O=C1CSC(/C(=C\c2ccccc2)c2nc3ccccc3[nH]2)=N1. The molecule has 0 saturated carbocycles. The van der Waals surface area contributed by atoms with Crippen LogP contribution in [0.15, 0.2) is 59.6 Å². The highest BCUT2D eigenvalue weighted by molar-refractivity contribution is 8.16. The summed E-state index contributed by atoms with van der Waals surface area (Å²) in [5.41, 5.74) is 3.77. The van der Waals surface area contributed by atoms with Crippen molar-refractivity contribution < 1.29 is 4.79 Å². The maximum absolute atomic E-state index is 11.5. The molecule has 0 saturated heterocycles. The van der Waals surface area contributed by atoms with Crippen molar-refractivity contribution in [2.45, 2.75) is 0 Å². The van der Waals surface area contributed by atoms with Gasteiger partial charge in [0.15, 0.2) is 0 Å². The maximum Gasteiger partial charge on any atom is 0.257 e. The highest BCUT2D eigenvalue weighted by Gasteiger charge is 2.22.